The lowest BCUT2D eigenvalue weighted by molar-refractivity contribution is 0.670. The number of benzene rings is 6. The van der Waals surface area contributed by atoms with Gasteiger partial charge < -0.3 is 4.42 Å². The Bertz CT molecular complexity index is 2490. The van der Waals surface area contributed by atoms with Crippen molar-refractivity contribution in [2.24, 2.45) is 0 Å². The molecule has 0 saturated carbocycles. The summed E-state index contributed by atoms with van der Waals surface area (Å²) < 4.78 is 6.66. The first kappa shape index (κ1) is 26.9. The van der Waals surface area contributed by atoms with Crippen molar-refractivity contribution in [1.82, 2.24) is 19.9 Å². The van der Waals surface area contributed by atoms with Gasteiger partial charge in [0.1, 0.15) is 11.2 Å². The van der Waals surface area contributed by atoms with Crippen LogP contribution in [0.4, 0.5) is 0 Å². The fourth-order valence-corrected chi connectivity index (χ4v) is 6.27. The summed E-state index contributed by atoms with van der Waals surface area (Å²) in [4.78, 5) is 19.3. The second kappa shape index (κ2) is 11.2. The molecule has 0 N–H and O–H groups in total. The van der Waals surface area contributed by atoms with Crippen LogP contribution < -0.4 is 0 Å². The van der Waals surface area contributed by atoms with Gasteiger partial charge in [-0.25, -0.2) is 15.0 Å². The van der Waals surface area contributed by atoms with Gasteiger partial charge in [-0.05, 0) is 41.0 Å². The van der Waals surface area contributed by atoms with Crippen molar-refractivity contribution in [2.45, 2.75) is 0 Å². The minimum Gasteiger partial charge on any atom is -0.455 e. The number of nitrogens with zero attached hydrogens (tertiary/aromatic N) is 4. The molecule has 0 unspecified atom stereocenters. The van der Waals surface area contributed by atoms with Gasteiger partial charge in [0, 0.05) is 44.6 Å². The van der Waals surface area contributed by atoms with Crippen molar-refractivity contribution in [3.8, 4) is 56.4 Å². The van der Waals surface area contributed by atoms with Crippen molar-refractivity contribution < 1.29 is 4.42 Å². The third-order valence-electron chi connectivity index (χ3n) is 8.58. The van der Waals surface area contributed by atoms with E-state index in [2.05, 4.69) is 83.8 Å². The lowest BCUT2D eigenvalue weighted by Crippen LogP contribution is -2.00. The Hall–Kier alpha value is -6.46. The highest BCUT2D eigenvalue weighted by Crippen LogP contribution is 2.43. The van der Waals surface area contributed by atoms with E-state index >= 15 is 0 Å². The van der Waals surface area contributed by atoms with Gasteiger partial charge in [0.05, 0.1) is 5.52 Å². The van der Waals surface area contributed by atoms with Crippen LogP contribution in [-0.4, -0.2) is 19.9 Å². The summed E-state index contributed by atoms with van der Waals surface area (Å²) in [6.45, 7) is 0. The van der Waals surface area contributed by atoms with E-state index in [1.165, 1.54) is 0 Å². The van der Waals surface area contributed by atoms with E-state index in [0.717, 1.165) is 71.8 Å². The Balaban J connectivity index is 1.20. The number of rotatable bonds is 5. The molecular weight excluding hydrogens is 576 g/mol. The smallest absolute Gasteiger partial charge is 0.164 e. The highest BCUT2D eigenvalue weighted by atomic mass is 16.3. The number of aromatic nitrogens is 4. The van der Waals surface area contributed by atoms with Crippen molar-refractivity contribution in [1.29, 1.82) is 0 Å². The number of furan rings is 1. The zero-order valence-electron chi connectivity index (χ0n) is 25.2. The molecule has 0 fully saturated rings. The van der Waals surface area contributed by atoms with Gasteiger partial charge in [-0.15, -0.1) is 0 Å². The van der Waals surface area contributed by atoms with E-state index in [4.69, 9.17) is 19.4 Å². The zero-order valence-corrected chi connectivity index (χ0v) is 25.2. The zero-order chi connectivity index (χ0) is 31.2. The maximum Gasteiger partial charge on any atom is 0.164 e. The summed E-state index contributed by atoms with van der Waals surface area (Å²) in [6, 6.07) is 51.5. The van der Waals surface area contributed by atoms with Gasteiger partial charge in [0.2, 0.25) is 0 Å². The predicted molar refractivity (Wildman–Crippen MR) is 190 cm³/mol. The summed E-state index contributed by atoms with van der Waals surface area (Å²) in [7, 11) is 0. The maximum absolute atomic E-state index is 6.66. The SMILES string of the molecule is c1ccc(-c2nc(-c3ccccc3)nc(-c3ccc(-c4ccc(-c5ccccc5)c5oc6cc7cccnc7cc6c45)cc3)n2)cc1. The van der Waals surface area contributed by atoms with Gasteiger partial charge in [-0.2, -0.15) is 0 Å². The Morgan fingerprint density at radius 1 is 0.426 bits per heavy atom. The molecule has 6 aromatic carbocycles. The van der Waals surface area contributed by atoms with Crippen molar-refractivity contribution in [2.75, 3.05) is 0 Å². The van der Waals surface area contributed by atoms with E-state index in [1.54, 1.807) is 0 Å². The fraction of sp³-hybridized carbons (Fsp3) is 0. The molecule has 0 atom stereocenters. The van der Waals surface area contributed by atoms with Crippen LogP contribution in [-0.2, 0) is 0 Å². The second-order valence-corrected chi connectivity index (χ2v) is 11.5. The Labute approximate surface area is 270 Å². The van der Waals surface area contributed by atoms with E-state index in [-0.39, 0.29) is 0 Å². The highest BCUT2D eigenvalue weighted by molar-refractivity contribution is 6.18. The molecule has 220 valence electrons. The van der Waals surface area contributed by atoms with Gasteiger partial charge in [0.15, 0.2) is 17.5 Å². The highest BCUT2D eigenvalue weighted by Gasteiger charge is 2.19. The number of pyridine rings is 1. The standard InChI is InChI=1S/C42H26N4O/c1-4-11-27(12-5-1)34-23-22-33(38-35-26-36-32(17-10-24-43-36)25-37(35)47-39(34)38)28-18-20-31(21-19-28)42-45-40(29-13-6-2-7-14-29)44-41(46-42)30-15-8-3-9-16-30/h1-26H. The van der Waals surface area contributed by atoms with Crippen LogP contribution in [0.1, 0.15) is 0 Å². The minimum atomic E-state index is 0.625. The molecule has 0 bridgehead atoms. The van der Waals surface area contributed by atoms with Crippen molar-refractivity contribution in [3.63, 3.8) is 0 Å². The third kappa shape index (κ3) is 4.82. The lowest BCUT2D eigenvalue weighted by atomic mass is 9.94. The average Bonchev–Trinajstić information content (AvgIpc) is 3.53. The van der Waals surface area contributed by atoms with Crippen LogP contribution in [0.2, 0.25) is 0 Å². The van der Waals surface area contributed by atoms with Crippen LogP contribution in [0.3, 0.4) is 0 Å². The molecule has 0 radical (unpaired) electrons. The Kier molecular flexibility index (Phi) is 6.39. The van der Waals surface area contributed by atoms with Crippen LogP contribution in [0, 0.1) is 0 Å². The van der Waals surface area contributed by atoms with Crippen LogP contribution in [0.25, 0.3) is 89.3 Å². The van der Waals surface area contributed by atoms with Crippen LogP contribution in [0.5, 0.6) is 0 Å². The summed E-state index contributed by atoms with van der Waals surface area (Å²) in [5.41, 5.74) is 9.77. The van der Waals surface area contributed by atoms with Crippen LogP contribution in [0.15, 0.2) is 162 Å². The first-order valence-electron chi connectivity index (χ1n) is 15.6. The molecule has 3 aromatic heterocycles. The number of fused-ring (bicyclic) bond motifs is 4. The molecule has 9 aromatic rings. The van der Waals surface area contributed by atoms with E-state index in [0.29, 0.717) is 17.5 Å². The van der Waals surface area contributed by atoms with E-state index in [9.17, 15) is 0 Å². The number of hydrogen-bond donors (Lipinski definition) is 0. The average molecular weight is 603 g/mol. The summed E-state index contributed by atoms with van der Waals surface area (Å²) in [6.07, 6.45) is 1.83. The summed E-state index contributed by atoms with van der Waals surface area (Å²) >= 11 is 0. The second-order valence-electron chi connectivity index (χ2n) is 11.5. The molecule has 0 amide bonds. The molecule has 47 heavy (non-hydrogen) atoms. The lowest BCUT2D eigenvalue weighted by Gasteiger charge is -2.10. The molecule has 5 nitrogen and oxygen atoms in total. The monoisotopic (exact) mass is 602 g/mol. The number of hydrogen-bond acceptors (Lipinski definition) is 5. The minimum absolute atomic E-state index is 0.625. The van der Waals surface area contributed by atoms with E-state index in [1.807, 2.05) is 79.0 Å². The predicted octanol–water partition coefficient (Wildman–Crippen LogP) is 10.7. The van der Waals surface area contributed by atoms with Gasteiger partial charge in [-0.1, -0.05) is 127 Å². The summed E-state index contributed by atoms with van der Waals surface area (Å²) in [5.74, 6) is 1.91. The largest absolute Gasteiger partial charge is 0.455 e. The molecule has 0 aliphatic rings. The van der Waals surface area contributed by atoms with Gasteiger partial charge in [0.25, 0.3) is 0 Å². The van der Waals surface area contributed by atoms with Crippen molar-refractivity contribution in [3.05, 3.63) is 158 Å². The maximum atomic E-state index is 6.66. The third-order valence-corrected chi connectivity index (χ3v) is 8.58. The Morgan fingerprint density at radius 2 is 0.936 bits per heavy atom. The quantitative estimate of drug-likeness (QED) is 0.196. The molecule has 0 aliphatic heterocycles. The molecule has 0 saturated heterocycles. The van der Waals surface area contributed by atoms with Crippen LogP contribution >= 0.6 is 0 Å². The molecule has 0 aliphatic carbocycles. The molecular formula is C42H26N4O. The molecule has 0 spiro atoms. The van der Waals surface area contributed by atoms with Crippen molar-refractivity contribution >= 4 is 32.8 Å². The summed E-state index contributed by atoms with van der Waals surface area (Å²) in [5, 5.41) is 3.16. The first-order chi connectivity index (χ1) is 23.3. The fourth-order valence-electron chi connectivity index (χ4n) is 6.27. The van der Waals surface area contributed by atoms with Gasteiger partial charge >= 0.3 is 0 Å². The molecule has 3 heterocycles. The Morgan fingerprint density at radius 3 is 1.55 bits per heavy atom. The molecule has 5 heteroatoms. The molecule has 9 rings (SSSR count). The topological polar surface area (TPSA) is 64.7 Å². The first-order valence-corrected chi connectivity index (χ1v) is 15.6. The van der Waals surface area contributed by atoms with Gasteiger partial charge in [-0.3, -0.25) is 4.98 Å². The van der Waals surface area contributed by atoms with E-state index < -0.39 is 0 Å². The normalized spacial score (nSPS) is 11.4.